The second kappa shape index (κ2) is 8.60. The lowest BCUT2D eigenvalue weighted by molar-refractivity contribution is 0.657. The van der Waals surface area contributed by atoms with Crippen molar-refractivity contribution in [2.75, 3.05) is 0 Å². The number of aromatic nitrogens is 5. The molecule has 0 aliphatic heterocycles. The number of para-hydroxylation sites is 1. The average molecular weight is 456 g/mol. The number of H-pyrrole nitrogens is 2. The third kappa shape index (κ3) is 3.81. The fraction of sp³-hybridized carbons (Fsp3) is 0.115. The number of benzene rings is 1. The van der Waals surface area contributed by atoms with E-state index in [0.29, 0.717) is 11.5 Å². The third-order valence-corrected chi connectivity index (χ3v) is 6.51. The van der Waals surface area contributed by atoms with Crippen molar-refractivity contribution in [1.82, 2.24) is 25.1 Å². The van der Waals surface area contributed by atoms with Gasteiger partial charge in [0.2, 0.25) is 0 Å². The van der Waals surface area contributed by atoms with Crippen LogP contribution in [-0.2, 0) is 0 Å². The van der Waals surface area contributed by atoms with Crippen molar-refractivity contribution in [3.8, 4) is 22.0 Å². The highest BCUT2D eigenvalue weighted by Crippen LogP contribution is 2.34. The van der Waals surface area contributed by atoms with Gasteiger partial charge in [-0.25, -0.2) is 9.97 Å². The number of fused-ring (bicyclic) bond motifs is 2. The standard InChI is InChI=1S/C26H22FN5S/c1-4-15(5-2)14-16(6-3)18-10-11-20-24(28-18)25(32-31-20)26-29-19-9-7-8-17(23(19)30-26)21-12-13-22(27)33-21/h4,6-14H,1,5H2,2-3H3,(H,29,30)(H,31,32)/b15-14+,16-6+. The van der Waals surface area contributed by atoms with Crippen LogP contribution in [0.3, 0.4) is 0 Å². The number of nitrogens with one attached hydrogen (secondary N) is 2. The Balaban J connectivity index is 1.63. The van der Waals surface area contributed by atoms with Crippen molar-refractivity contribution >= 4 is 39.0 Å². The fourth-order valence-electron chi connectivity index (χ4n) is 3.84. The summed E-state index contributed by atoms with van der Waals surface area (Å²) in [6.45, 7) is 8.00. The second-order valence-electron chi connectivity index (χ2n) is 7.58. The molecule has 0 saturated heterocycles. The molecule has 7 heteroatoms. The van der Waals surface area contributed by atoms with E-state index in [4.69, 9.17) is 9.97 Å². The molecule has 0 fully saturated rings. The van der Waals surface area contributed by atoms with Crippen LogP contribution < -0.4 is 0 Å². The first-order valence-corrected chi connectivity index (χ1v) is 11.5. The minimum Gasteiger partial charge on any atom is -0.336 e. The van der Waals surface area contributed by atoms with Gasteiger partial charge in [-0.3, -0.25) is 5.10 Å². The predicted molar refractivity (Wildman–Crippen MR) is 134 cm³/mol. The van der Waals surface area contributed by atoms with Gasteiger partial charge >= 0.3 is 0 Å². The summed E-state index contributed by atoms with van der Waals surface area (Å²) in [5.41, 5.74) is 7.75. The van der Waals surface area contributed by atoms with Gasteiger partial charge in [0.15, 0.2) is 16.6 Å². The minimum absolute atomic E-state index is 0.218. The zero-order valence-electron chi connectivity index (χ0n) is 18.3. The monoisotopic (exact) mass is 455 g/mol. The Bertz CT molecular complexity index is 1550. The third-order valence-electron chi connectivity index (χ3n) is 5.60. The number of hydrogen-bond acceptors (Lipinski definition) is 4. The Labute approximate surface area is 194 Å². The number of rotatable bonds is 6. The lowest BCUT2D eigenvalue weighted by Gasteiger charge is -2.04. The lowest BCUT2D eigenvalue weighted by Crippen LogP contribution is -1.90. The van der Waals surface area contributed by atoms with E-state index in [-0.39, 0.29) is 5.13 Å². The zero-order chi connectivity index (χ0) is 22.9. The highest BCUT2D eigenvalue weighted by atomic mass is 32.1. The van der Waals surface area contributed by atoms with Crippen LogP contribution in [-0.4, -0.2) is 25.1 Å². The predicted octanol–water partition coefficient (Wildman–Crippen LogP) is 7.29. The van der Waals surface area contributed by atoms with Crippen molar-refractivity contribution in [3.63, 3.8) is 0 Å². The van der Waals surface area contributed by atoms with Crippen LogP contribution in [0.15, 0.2) is 72.8 Å². The Kier molecular flexibility index (Phi) is 5.48. The van der Waals surface area contributed by atoms with Crippen molar-refractivity contribution in [3.05, 3.63) is 83.7 Å². The maximum Gasteiger partial charge on any atom is 0.176 e. The molecule has 0 radical (unpaired) electrons. The molecule has 0 saturated carbocycles. The summed E-state index contributed by atoms with van der Waals surface area (Å²) in [6, 6.07) is 13.1. The highest BCUT2D eigenvalue weighted by molar-refractivity contribution is 7.14. The van der Waals surface area contributed by atoms with Crippen molar-refractivity contribution in [2.45, 2.75) is 20.3 Å². The molecule has 164 valence electrons. The summed E-state index contributed by atoms with van der Waals surface area (Å²) >= 11 is 1.11. The van der Waals surface area contributed by atoms with Crippen LogP contribution in [0.4, 0.5) is 4.39 Å². The molecule has 0 amide bonds. The summed E-state index contributed by atoms with van der Waals surface area (Å²) in [7, 11) is 0. The molecular weight excluding hydrogens is 433 g/mol. The number of halogens is 1. The molecule has 0 aliphatic carbocycles. The Hall–Kier alpha value is -3.84. The highest BCUT2D eigenvalue weighted by Gasteiger charge is 2.17. The first-order chi connectivity index (χ1) is 16.1. The molecule has 2 N–H and O–H groups in total. The van der Waals surface area contributed by atoms with Crippen molar-refractivity contribution < 1.29 is 4.39 Å². The number of hydrogen-bond donors (Lipinski definition) is 2. The van der Waals surface area contributed by atoms with Gasteiger partial charge in [-0.15, -0.1) is 11.3 Å². The second-order valence-corrected chi connectivity index (χ2v) is 8.61. The van der Waals surface area contributed by atoms with Crippen LogP contribution in [0.5, 0.6) is 0 Å². The molecule has 1 aromatic carbocycles. The maximum atomic E-state index is 13.6. The molecule has 5 rings (SSSR count). The van der Waals surface area contributed by atoms with Gasteiger partial charge in [-0.05, 0) is 60.9 Å². The van der Waals surface area contributed by atoms with Gasteiger partial charge in [-0.2, -0.15) is 9.49 Å². The number of imidazole rings is 1. The summed E-state index contributed by atoms with van der Waals surface area (Å²) in [5, 5.41) is 7.34. The van der Waals surface area contributed by atoms with Gasteiger partial charge < -0.3 is 4.98 Å². The van der Waals surface area contributed by atoms with E-state index in [1.165, 1.54) is 6.07 Å². The summed E-state index contributed by atoms with van der Waals surface area (Å²) in [4.78, 5) is 13.9. The van der Waals surface area contributed by atoms with Crippen LogP contribution in [0.25, 0.3) is 49.6 Å². The first-order valence-electron chi connectivity index (χ1n) is 10.7. The maximum absolute atomic E-state index is 13.6. The summed E-state index contributed by atoms with van der Waals surface area (Å²) in [5.74, 6) is 0.614. The number of pyridine rings is 1. The molecule has 0 bridgehead atoms. The van der Waals surface area contributed by atoms with Crippen molar-refractivity contribution in [2.24, 2.45) is 0 Å². The molecule has 4 heterocycles. The average Bonchev–Trinajstić information content (AvgIpc) is 3.56. The Morgan fingerprint density at radius 3 is 2.70 bits per heavy atom. The minimum atomic E-state index is -0.218. The molecule has 5 aromatic rings. The van der Waals surface area contributed by atoms with E-state index in [2.05, 4.69) is 34.8 Å². The van der Waals surface area contributed by atoms with E-state index < -0.39 is 0 Å². The summed E-state index contributed by atoms with van der Waals surface area (Å²) in [6.07, 6.45) is 6.92. The van der Waals surface area contributed by atoms with E-state index in [9.17, 15) is 4.39 Å². The van der Waals surface area contributed by atoms with Crippen LogP contribution in [0, 0.1) is 5.13 Å². The van der Waals surface area contributed by atoms with Crippen LogP contribution >= 0.6 is 11.3 Å². The van der Waals surface area contributed by atoms with E-state index in [0.717, 1.165) is 67.1 Å². The quantitative estimate of drug-likeness (QED) is 0.264. The van der Waals surface area contributed by atoms with Crippen LogP contribution in [0.2, 0.25) is 0 Å². The SMILES string of the molecule is C=C/C(=C\C(=C/C)c1ccc2[nH]nc(-c3nc4c(-c5ccc(F)s5)cccc4[nH]3)c2n1)CC. The lowest BCUT2D eigenvalue weighted by atomic mass is 10.1. The molecule has 33 heavy (non-hydrogen) atoms. The van der Waals surface area contributed by atoms with Gasteiger partial charge in [0, 0.05) is 10.4 Å². The topological polar surface area (TPSA) is 70.2 Å². The molecule has 0 atom stereocenters. The first kappa shape index (κ1) is 21.0. The largest absolute Gasteiger partial charge is 0.336 e. The number of allylic oxidation sites excluding steroid dienone is 5. The molecule has 5 nitrogen and oxygen atoms in total. The smallest absolute Gasteiger partial charge is 0.176 e. The number of thiophene rings is 1. The van der Waals surface area contributed by atoms with E-state index in [1.54, 1.807) is 6.07 Å². The summed E-state index contributed by atoms with van der Waals surface area (Å²) < 4.78 is 13.6. The zero-order valence-corrected chi connectivity index (χ0v) is 19.1. The van der Waals surface area contributed by atoms with E-state index >= 15 is 0 Å². The van der Waals surface area contributed by atoms with Gasteiger partial charge in [0.25, 0.3) is 0 Å². The molecule has 0 aliphatic rings. The Morgan fingerprint density at radius 2 is 1.97 bits per heavy atom. The number of nitrogens with zero attached hydrogens (tertiary/aromatic N) is 3. The van der Waals surface area contributed by atoms with Crippen LogP contribution in [0.1, 0.15) is 26.0 Å². The Morgan fingerprint density at radius 1 is 1.09 bits per heavy atom. The van der Waals surface area contributed by atoms with Crippen molar-refractivity contribution in [1.29, 1.82) is 0 Å². The van der Waals surface area contributed by atoms with Gasteiger partial charge in [0.05, 0.1) is 22.2 Å². The fourth-order valence-corrected chi connectivity index (χ4v) is 4.59. The molecule has 0 unspecified atom stereocenters. The molecule has 4 aromatic heterocycles. The molecule has 0 spiro atoms. The normalized spacial score (nSPS) is 12.7. The van der Waals surface area contributed by atoms with Gasteiger partial charge in [-0.1, -0.05) is 37.8 Å². The van der Waals surface area contributed by atoms with E-state index in [1.807, 2.05) is 49.4 Å². The van der Waals surface area contributed by atoms with Gasteiger partial charge in [0.1, 0.15) is 5.52 Å². The number of aromatic amines is 2. The molecular formula is C26H22FN5S.